The quantitative estimate of drug-likeness (QED) is 0.718. The van der Waals surface area contributed by atoms with E-state index in [0.717, 1.165) is 13.0 Å². The zero-order chi connectivity index (χ0) is 10.5. The first kappa shape index (κ1) is 12.9. The molecule has 0 saturated carbocycles. The Morgan fingerprint density at radius 1 is 1.23 bits per heavy atom. The molecule has 0 heterocycles. The topological polar surface area (TPSA) is 29.5 Å². The number of rotatable bonds is 5. The van der Waals surface area contributed by atoms with Gasteiger partial charge in [0, 0.05) is 13.2 Å². The van der Waals surface area contributed by atoms with Crippen LogP contribution in [-0.2, 0) is 4.74 Å². The molecule has 80 valence electrons. The van der Waals surface area contributed by atoms with Gasteiger partial charge in [0.2, 0.25) is 0 Å². The Balaban J connectivity index is 3.73. The second-order valence-corrected chi connectivity index (χ2v) is 4.95. The van der Waals surface area contributed by atoms with Crippen molar-refractivity contribution >= 4 is 0 Å². The zero-order valence-corrected chi connectivity index (χ0v) is 9.63. The number of hydrogen-bond acceptors (Lipinski definition) is 2. The van der Waals surface area contributed by atoms with Gasteiger partial charge in [0.1, 0.15) is 0 Å². The Labute approximate surface area is 82.3 Å². The predicted molar refractivity (Wildman–Crippen MR) is 55.7 cm³/mol. The van der Waals surface area contributed by atoms with Crippen LogP contribution in [0.4, 0.5) is 0 Å². The average Bonchev–Trinajstić information content (AvgIpc) is 1.95. The van der Waals surface area contributed by atoms with Crippen molar-refractivity contribution in [3.8, 4) is 0 Å². The molecule has 0 spiro atoms. The lowest BCUT2D eigenvalue weighted by Crippen LogP contribution is -2.25. The molecule has 13 heavy (non-hydrogen) atoms. The zero-order valence-electron chi connectivity index (χ0n) is 9.63. The van der Waals surface area contributed by atoms with Crippen molar-refractivity contribution in [1.82, 2.24) is 0 Å². The molecule has 0 fully saturated rings. The minimum atomic E-state index is 0.176. The lowest BCUT2D eigenvalue weighted by atomic mass is 9.79. The molecule has 0 aromatic carbocycles. The van der Waals surface area contributed by atoms with Crippen molar-refractivity contribution in [2.75, 3.05) is 13.2 Å². The smallest absolute Gasteiger partial charge is 0.0518 e. The monoisotopic (exact) mass is 188 g/mol. The summed E-state index contributed by atoms with van der Waals surface area (Å²) in [6.07, 6.45) is 1.23. The van der Waals surface area contributed by atoms with Gasteiger partial charge in [0.15, 0.2) is 0 Å². The molecule has 0 amide bonds. The molecule has 1 atom stereocenters. The number of ether oxygens (including phenoxy) is 1. The lowest BCUT2D eigenvalue weighted by Gasteiger charge is -2.29. The summed E-state index contributed by atoms with van der Waals surface area (Å²) in [5.74, 6) is 0.339. The number of hydrogen-bond donors (Lipinski definition) is 1. The van der Waals surface area contributed by atoms with Crippen LogP contribution >= 0.6 is 0 Å². The highest BCUT2D eigenvalue weighted by Crippen LogP contribution is 2.28. The van der Waals surface area contributed by atoms with Crippen molar-refractivity contribution in [3.63, 3.8) is 0 Å². The Morgan fingerprint density at radius 2 is 1.77 bits per heavy atom. The molecule has 0 rings (SSSR count). The van der Waals surface area contributed by atoms with Crippen LogP contribution < -0.4 is 0 Å². The van der Waals surface area contributed by atoms with Gasteiger partial charge in [-0.25, -0.2) is 0 Å². The van der Waals surface area contributed by atoms with Gasteiger partial charge in [-0.15, -0.1) is 0 Å². The molecule has 0 aromatic heterocycles. The van der Waals surface area contributed by atoms with Crippen LogP contribution in [0.1, 0.15) is 41.0 Å². The van der Waals surface area contributed by atoms with Crippen molar-refractivity contribution in [2.24, 2.45) is 11.3 Å². The van der Waals surface area contributed by atoms with Crippen LogP contribution in [0, 0.1) is 11.3 Å². The van der Waals surface area contributed by atoms with Crippen LogP contribution in [0.2, 0.25) is 0 Å². The Bertz CT molecular complexity index is 125. The summed E-state index contributed by atoms with van der Waals surface area (Å²) in [5.41, 5.74) is 0.176. The second-order valence-electron chi connectivity index (χ2n) is 4.95. The third-order valence-corrected chi connectivity index (χ3v) is 2.36. The van der Waals surface area contributed by atoms with E-state index < -0.39 is 0 Å². The van der Waals surface area contributed by atoms with E-state index >= 15 is 0 Å². The van der Waals surface area contributed by atoms with Gasteiger partial charge in [-0.3, -0.25) is 0 Å². The molecule has 0 aliphatic carbocycles. The van der Waals surface area contributed by atoms with Crippen molar-refractivity contribution in [2.45, 2.75) is 47.1 Å². The third-order valence-electron chi connectivity index (χ3n) is 2.36. The molecule has 0 aliphatic heterocycles. The average molecular weight is 188 g/mol. The minimum Gasteiger partial charge on any atom is -0.396 e. The normalized spacial score (nSPS) is 15.0. The molecule has 2 nitrogen and oxygen atoms in total. The Hall–Kier alpha value is -0.0800. The first-order chi connectivity index (χ1) is 5.88. The lowest BCUT2D eigenvalue weighted by molar-refractivity contribution is 0.0390. The van der Waals surface area contributed by atoms with Crippen molar-refractivity contribution in [1.29, 1.82) is 0 Å². The summed E-state index contributed by atoms with van der Waals surface area (Å²) in [6, 6.07) is 0. The molecular weight excluding hydrogens is 164 g/mol. The van der Waals surface area contributed by atoms with E-state index in [2.05, 4.69) is 20.8 Å². The maximum Gasteiger partial charge on any atom is 0.0518 e. The molecule has 2 heteroatoms. The van der Waals surface area contributed by atoms with Gasteiger partial charge in [-0.05, 0) is 31.6 Å². The van der Waals surface area contributed by atoms with Crippen LogP contribution in [0.25, 0.3) is 0 Å². The maximum atomic E-state index is 9.17. The maximum absolute atomic E-state index is 9.17. The number of aliphatic hydroxyl groups excluding tert-OH is 1. The fraction of sp³-hybridized carbons (Fsp3) is 1.00. The minimum absolute atomic E-state index is 0.176. The molecule has 0 aliphatic rings. The van der Waals surface area contributed by atoms with E-state index in [4.69, 9.17) is 4.74 Å². The van der Waals surface area contributed by atoms with Crippen LogP contribution in [0.3, 0.4) is 0 Å². The molecule has 0 aromatic rings. The molecule has 0 saturated heterocycles. The van der Waals surface area contributed by atoms with Gasteiger partial charge in [-0.1, -0.05) is 20.8 Å². The fourth-order valence-corrected chi connectivity index (χ4v) is 1.24. The van der Waals surface area contributed by atoms with E-state index in [0.29, 0.717) is 12.0 Å². The first-order valence-corrected chi connectivity index (χ1v) is 5.10. The first-order valence-electron chi connectivity index (χ1n) is 5.10. The van der Waals surface area contributed by atoms with E-state index in [1.807, 2.05) is 13.8 Å². The summed E-state index contributed by atoms with van der Waals surface area (Å²) in [4.78, 5) is 0. The standard InChI is InChI=1S/C11H24O2/c1-9(2)13-7-6-10(8-12)11(3,4)5/h9-10,12H,6-8H2,1-5H3. The fourth-order valence-electron chi connectivity index (χ4n) is 1.24. The third kappa shape index (κ3) is 6.05. The highest BCUT2D eigenvalue weighted by atomic mass is 16.5. The van der Waals surface area contributed by atoms with Crippen LogP contribution in [0.5, 0.6) is 0 Å². The van der Waals surface area contributed by atoms with Gasteiger partial charge >= 0.3 is 0 Å². The Morgan fingerprint density at radius 3 is 2.08 bits per heavy atom. The van der Waals surface area contributed by atoms with Gasteiger partial charge < -0.3 is 9.84 Å². The summed E-state index contributed by atoms with van der Waals surface area (Å²) in [5, 5.41) is 9.17. The summed E-state index contributed by atoms with van der Waals surface area (Å²) < 4.78 is 5.46. The second kappa shape index (κ2) is 5.61. The molecule has 1 unspecified atom stereocenters. The van der Waals surface area contributed by atoms with Gasteiger partial charge in [-0.2, -0.15) is 0 Å². The van der Waals surface area contributed by atoms with Crippen LogP contribution in [0.15, 0.2) is 0 Å². The van der Waals surface area contributed by atoms with Crippen molar-refractivity contribution in [3.05, 3.63) is 0 Å². The molecule has 0 radical (unpaired) electrons. The molecular formula is C11H24O2. The molecule has 1 N–H and O–H groups in total. The highest BCUT2D eigenvalue weighted by molar-refractivity contribution is 4.72. The summed E-state index contributed by atoms with van der Waals surface area (Å²) >= 11 is 0. The highest BCUT2D eigenvalue weighted by Gasteiger charge is 2.23. The van der Waals surface area contributed by atoms with E-state index in [9.17, 15) is 5.11 Å². The summed E-state index contributed by atoms with van der Waals surface area (Å²) in [7, 11) is 0. The number of aliphatic hydroxyl groups is 1. The van der Waals surface area contributed by atoms with E-state index in [1.54, 1.807) is 0 Å². The van der Waals surface area contributed by atoms with Gasteiger partial charge in [0.25, 0.3) is 0 Å². The van der Waals surface area contributed by atoms with E-state index in [1.165, 1.54) is 0 Å². The SMILES string of the molecule is CC(C)OCCC(CO)C(C)(C)C. The van der Waals surface area contributed by atoms with Crippen LogP contribution in [-0.4, -0.2) is 24.4 Å². The molecule has 0 bridgehead atoms. The predicted octanol–water partition coefficient (Wildman–Crippen LogP) is 2.46. The van der Waals surface area contributed by atoms with Gasteiger partial charge in [0.05, 0.1) is 6.10 Å². The van der Waals surface area contributed by atoms with Crippen molar-refractivity contribution < 1.29 is 9.84 Å². The van der Waals surface area contributed by atoms with E-state index in [-0.39, 0.29) is 12.0 Å². The summed E-state index contributed by atoms with van der Waals surface area (Å²) in [6.45, 7) is 11.5. The Kier molecular flexibility index (Phi) is 5.57. The largest absolute Gasteiger partial charge is 0.396 e.